The molecule has 2 aliphatic rings. The number of likely N-dealkylation sites (tertiary alicyclic amines) is 1. The van der Waals surface area contributed by atoms with Gasteiger partial charge < -0.3 is 9.84 Å². The molecule has 1 aromatic carbocycles. The number of methoxy groups -OCH3 is 1. The van der Waals surface area contributed by atoms with Crippen molar-refractivity contribution in [2.75, 3.05) is 20.2 Å². The Balaban J connectivity index is 1.67. The lowest BCUT2D eigenvalue weighted by Gasteiger charge is -2.19. The van der Waals surface area contributed by atoms with Gasteiger partial charge in [0.05, 0.1) is 19.6 Å². The molecule has 2 fully saturated rings. The minimum atomic E-state index is -0.198. The number of ether oxygens (including phenoxy) is 1. The van der Waals surface area contributed by atoms with Gasteiger partial charge in [-0.2, -0.15) is 0 Å². The molecule has 4 heteroatoms. The third-order valence-corrected chi connectivity index (χ3v) is 4.97. The molecule has 1 N–H and O–H groups in total. The number of aliphatic hydroxyl groups excluding tert-OH is 1. The monoisotopic (exact) mass is 289 g/mol. The molecule has 4 nitrogen and oxygen atoms in total. The zero-order valence-corrected chi connectivity index (χ0v) is 12.5. The summed E-state index contributed by atoms with van der Waals surface area (Å²) < 4.78 is 4.77. The second-order valence-electron chi connectivity index (χ2n) is 6.28. The van der Waals surface area contributed by atoms with Crippen molar-refractivity contribution in [2.24, 2.45) is 11.8 Å². The van der Waals surface area contributed by atoms with Crippen molar-refractivity contribution in [3.8, 4) is 0 Å². The van der Waals surface area contributed by atoms with Crippen LogP contribution in [0.3, 0.4) is 0 Å². The fourth-order valence-corrected chi connectivity index (χ4v) is 3.81. The number of carbonyl (C=O) groups excluding carboxylic acids is 1. The molecule has 0 radical (unpaired) electrons. The number of benzene rings is 1. The standard InChI is InChI=1S/C17H23NO3/c1-21-17(20)8-12-4-2-3-5-13(12)9-18-10-14-6-7-16(19)15(14)11-18/h2-5,14-16,19H,6-11H2,1H3. The SMILES string of the molecule is COC(=O)Cc1ccccc1CN1CC2CCC(O)C2C1. The molecular weight excluding hydrogens is 266 g/mol. The Morgan fingerprint density at radius 3 is 2.76 bits per heavy atom. The molecule has 1 aliphatic carbocycles. The van der Waals surface area contributed by atoms with Gasteiger partial charge in [0.2, 0.25) is 0 Å². The quantitative estimate of drug-likeness (QED) is 0.856. The highest BCUT2D eigenvalue weighted by molar-refractivity contribution is 5.72. The lowest BCUT2D eigenvalue weighted by Crippen LogP contribution is -2.25. The number of aliphatic hydroxyl groups is 1. The molecule has 1 saturated carbocycles. The molecule has 3 unspecified atom stereocenters. The summed E-state index contributed by atoms with van der Waals surface area (Å²) in [6.07, 6.45) is 2.31. The van der Waals surface area contributed by atoms with Crippen LogP contribution in [-0.2, 0) is 22.5 Å². The molecule has 1 aromatic rings. The highest BCUT2D eigenvalue weighted by Gasteiger charge is 2.41. The summed E-state index contributed by atoms with van der Waals surface area (Å²) in [5, 5.41) is 10.0. The number of carbonyl (C=O) groups is 1. The second-order valence-corrected chi connectivity index (χ2v) is 6.28. The molecule has 21 heavy (non-hydrogen) atoms. The van der Waals surface area contributed by atoms with Crippen LogP contribution in [0.2, 0.25) is 0 Å². The fraction of sp³-hybridized carbons (Fsp3) is 0.588. The van der Waals surface area contributed by atoms with Gasteiger partial charge in [0.25, 0.3) is 0 Å². The molecule has 1 aliphatic heterocycles. The number of nitrogens with zero attached hydrogens (tertiary/aromatic N) is 1. The van der Waals surface area contributed by atoms with Crippen LogP contribution in [0.4, 0.5) is 0 Å². The Morgan fingerprint density at radius 1 is 1.29 bits per heavy atom. The Morgan fingerprint density at radius 2 is 2.05 bits per heavy atom. The van der Waals surface area contributed by atoms with Crippen molar-refractivity contribution in [1.82, 2.24) is 4.90 Å². The van der Waals surface area contributed by atoms with E-state index >= 15 is 0 Å². The van der Waals surface area contributed by atoms with E-state index in [2.05, 4.69) is 11.0 Å². The van der Waals surface area contributed by atoms with Crippen molar-refractivity contribution in [1.29, 1.82) is 0 Å². The number of esters is 1. The van der Waals surface area contributed by atoms with Gasteiger partial charge in [0, 0.05) is 25.6 Å². The first-order chi connectivity index (χ1) is 10.2. The number of hydrogen-bond donors (Lipinski definition) is 1. The van der Waals surface area contributed by atoms with E-state index in [1.165, 1.54) is 12.7 Å². The van der Waals surface area contributed by atoms with Crippen LogP contribution < -0.4 is 0 Å². The summed E-state index contributed by atoms with van der Waals surface area (Å²) in [4.78, 5) is 13.9. The maximum Gasteiger partial charge on any atom is 0.309 e. The van der Waals surface area contributed by atoms with E-state index in [-0.39, 0.29) is 12.1 Å². The maximum absolute atomic E-state index is 11.5. The first-order valence-corrected chi connectivity index (χ1v) is 7.71. The van der Waals surface area contributed by atoms with Crippen LogP contribution in [0.1, 0.15) is 24.0 Å². The lowest BCUT2D eigenvalue weighted by molar-refractivity contribution is -0.139. The van der Waals surface area contributed by atoms with E-state index in [9.17, 15) is 9.90 Å². The summed E-state index contributed by atoms with van der Waals surface area (Å²) in [5.74, 6) is 0.890. The van der Waals surface area contributed by atoms with Gasteiger partial charge in [-0.05, 0) is 29.9 Å². The highest BCUT2D eigenvalue weighted by atomic mass is 16.5. The van der Waals surface area contributed by atoms with Crippen LogP contribution in [0, 0.1) is 11.8 Å². The van der Waals surface area contributed by atoms with Gasteiger partial charge in [-0.15, -0.1) is 0 Å². The maximum atomic E-state index is 11.5. The molecule has 1 heterocycles. The van der Waals surface area contributed by atoms with E-state index < -0.39 is 0 Å². The topological polar surface area (TPSA) is 49.8 Å². The average Bonchev–Trinajstić information content (AvgIpc) is 3.03. The normalized spacial score (nSPS) is 28.6. The van der Waals surface area contributed by atoms with Crippen LogP contribution in [0.15, 0.2) is 24.3 Å². The fourth-order valence-electron chi connectivity index (χ4n) is 3.81. The number of fused-ring (bicyclic) bond motifs is 1. The van der Waals surface area contributed by atoms with E-state index in [1.54, 1.807) is 0 Å². The smallest absolute Gasteiger partial charge is 0.309 e. The molecular formula is C17H23NO3. The van der Waals surface area contributed by atoms with Gasteiger partial charge in [0.15, 0.2) is 0 Å². The van der Waals surface area contributed by atoms with Crippen molar-refractivity contribution in [3.63, 3.8) is 0 Å². The number of hydrogen-bond acceptors (Lipinski definition) is 4. The molecule has 114 valence electrons. The first kappa shape index (κ1) is 14.5. The largest absolute Gasteiger partial charge is 0.469 e. The van der Waals surface area contributed by atoms with Crippen molar-refractivity contribution < 1.29 is 14.6 Å². The summed E-state index contributed by atoms with van der Waals surface area (Å²) in [7, 11) is 1.42. The lowest BCUT2D eigenvalue weighted by atomic mass is 10.00. The first-order valence-electron chi connectivity index (χ1n) is 7.71. The minimum Gasteiger partial charge on any atom is -0.469 e. The molecule has 0 spiro atoms. The van der Waals surface area contributed by atoms with Crippen LogP contribution >= 0.6 is 0 Å². The van der Waals surface area contributed by atoms with E-state index in [4.69, 9.17) is 4.74 Å². The molecule has 1 saturated heterocycles. The van der Waals surface area contributed by atoms with Crippen molar-refractivity contribution >= 4 is 5.97 Å². The number of rotatable bonds is 4. The predicted octanol–water partition coefficient (Wildman–Crippen LogP) is 1.60. The van der Waals surface area contributed by atoms with Gasteiger partial charge in [-0.25, -0.2) is 0 Å². The van der Waals surface area contributed by atoms with Crippen LogP contribution in [-0.4, -0.2) is 42.3 Å². The summed E-state index contributed by atoms with van der Waals surface area (Å²) >= 11 is 0. The van der Waals surface area contributed by atoms with E-state index in [0.29, 0.717) is 18.3 Å². The average molecular weight is 289 g/mol. The Labute approximate surface area is 125 Å². The minimum absolute atomic E-state index is 0.120. The predicted molar refractivity (Wildman–Crippen MR) is 79.7 cm³/mol. The Bertz CT molecular complexity index is 517. The van der Waals surface area contributed by atoms with Gasteiger partial charge in [-0.3, -0.25) is 9.69 Å². The van der Waals surface area contributed by atoms with E-state index in [0.717, 1.165) is 38.0 Å². The molecule has 3 atom stereocenters. The van der Waals surface area contributed by atoms with Crippen LogP contribution in [0.25, 0.3) is 0 Å². The summed E-state index contributed by atoms with van der Waals surface area (Å²) in [6, 6.07) is 8.06. The summed E-state index contributed by atoms with van der Waals surface area (Å²) in [6.45, 7) is 2.89. The van der Waals surface area contributed by atoms with Gasteiger partial charge in [0.1, 0.15) is 0 Å². The van der Waals surface area contributed by atoms with Crippen molar-refractivity contribution in [3.05, 3.63) is 35.4 Å². The Hall–Kier alpha value is -1.39. The molecule has 0 bridgehead atoms. The van der Waals surface area contributed by atoms with Gasteiger partial charge in [-0.1, -0.05) is 24.3 Å². The molecule has 3 rings (SSSR count). The zero-order valence-electron chi connectivity index (χ0n) is 12.5. The third-order valence-electron chi connectivity index (χ3n) is 4.97. The van der Waals surface area contributed by atoms with Gasteiger partial charge >= 0.3 is 5.97 Å². The molecule has 0 amide bonds. The zero-order chi connectivity index (χ0) is 14.8. The highest BCUT2D eigenvalue weighted by Crippen LogP contribution is 2.38. The summed E-state index contributed by atoms with van der Waals surface area (Å²) in [5.41, 5.74) is 2.24. The van der Waals surface area contributed by atoms with Crippen LogP contribution in [0.5, 0.6) is 0 Å². The Kier molecular flexibility index (Phi) is 4.27. The van der Waals surface area contributed by atoms with E-state index in [1.807, 2.05) is 18.2 Å². The third kappa shape index (κ3) is 3.11. The second kappa shape index (κ2) is 6.16. The molecule has 0 aromatic heterocycles. The van der Waals surface area contributed by atoms with Crippen molar-refractivity contribution in [2.45, 2.75) is 31.9 Å².